The first-order valence-electron chi connectivity index (χ1n) is 9.24. The van der Waals surface area contributed by atoms with Crippen molar-refractivity contribution in [2.24, 2.45) is 7.05 Å². The normalized spacial score (nSPS) is 23.9. The summed E-state index contributed by atoms with van der Waals surface area (Å²) in [4.78, 5) is 19.5. The summed E-state index contributed by atoms with van der Waals surface area (Å²) in [5, 5.41) is 7.00. The number of nitrogens with zero attached hydrogens (tertiary/aromatic N) is 4. The van der Waals surface area contributed by atoms with Crippen molar-refractivity contribution in [2.45, 2.75) is 37.8 Å². The fraction of sp³-hybridized carbons (Fsp3) is 0.611. The van der Waals surface area contributed by atoms with Gasteiger partial charge in [-0.1, -0.05) is 12.1 Å². The number of likely N-dealkylation sites (N-methyl/N-ethyl adjacent to an activating group) is 1. The Hall–Kier alpha value is -2.19. The number of carbonyl (C=O) groups excluding carboxylic acids is 1. The van der Waals surface area contributed by atoms with Crippen molar-refractivity contribution >= 4 is 5.91 Å². The van der Waals surface area contributed by atoms with E-state index >= 15 is 0 Å². The molecule has 1 amide bonds. The Morgan fingerprint density at radius 3 is 2.96 bits per heavy atom. The zero-order valence-corrected chi connectivity index (χ0v) is 15.2. The number of aryl methyl sites for hydroxylation is 1. The average Bonchev–Trinajstić information content (AvgIpc) is 3.22. The van der Waals surface area contributed by atoms with Crippen molar-refractivity contribution in [1.82, 2.24) is 24.9 Å². The van der Waals surface area contributed by atoms with Crippen LogP contribution in [-0.2, 0) is 11.8 Å². The molecule has 2 fully saturated rings. The molecule has 0 unspecified atom stereocenters. The number of hydrogen-bond donors (Lipinski definition) is 1. The molecule has 3 heterocycles. The number of amides is 1. The Balaban J connectivity index is 1.47. The zero-order chi connectivity index (χ0) is 18.1. The molecule has 0 radical (unpaired) electrons. The van der Waals surface area contributed by atoms with Crippen molar-refractivity contribution < 1.29 is 14.1 Å². The molecule has 1 saturated heterocycles. The lowest BCUT2D eigenvalue weighted by Gasteiger charge is -2.40. The maximum atomic E-state index is 12.6. The van der Waals surface area contributed by atoms with Gasteiger partial charge in [0.15, 0.2) is 0 Å². The lowest BCUT2D eigenvalue weighted by molar-refractivity contribution is -0.0720. The van der Waals surface area contributed by atoms with Crippen LogP contribution in [0.2, 0.25) is 0 Å². The SMILES string of the molecule is CCN1CCO[C@@H](CNC(=O)c2conc2C2CC2)[C@@H]1c1nccn1C. The molecule has 4 rings (SSSR count). The van der Waals surface area contributed by atoms with E-state index in [4.69, 9.17) is 9.26 Å². The summed E-state index contributed by atoms with van der Waals surface area (Å²) in [6.07, 6.45) is 7.17. The number of imidazole rings is 1. The van der Waals surface area contributed by atoms with Gasteiger partial charge in [-0.15, -0.1) is 0 Å². The third kappa shape index (κ3) is 3.26. The second kappa shape index (κ2) is 7.20. The summed E-state index contributed by atoms with van der Waals surface area (Å²) in [5.74, 6) is 1.18. The van der Waals surface area contributed by atoms with Gasteiger partial charge in [-0.3, -0.25) is 9.69 Å². The maximum Gasteiger partial charge on any atom is 0.256 e. The van der Waals surface area contributed by atoms with Crippen LogP contribution in [0.25, 0.3) is 0 Å². The first kappa shape index (κ1) is 17.2. The second-order valence-corrected chi connectivity index (χ2v) is 6.98. The molecule has 1 aliphatic carbocycles. The van der Waals surface area contributed by atoms with Crippen molar-refractivity contribution in [3.05, 3.63) is 35.7 Å². The number of rotatable bonds is 6. The van der Waals surface area contributed by atoms with Gasteiger partial charge in [0.1, 0.15) is 17.7 Å². The van der Waals surface area contributed by atoms with Crippen LogP contribution in [0.15, 0.2) is 23.2 Å². The van der Waals surface area contributed by atoms with Crippen molar-refractivity contribution in [3.63, 3.8) is 0 Å². The van der Waals surface area contributed by atoms with E-state index < -0.39 is 0 Å². The number of hydrogen-bond acceptors (Lipinski definition) is 6. The standard InChI is InChI=1S/C18H25N5O3/c1-3-23-8-9-25-14(16(23)17-19-6-7-22(17)2)10-20-18(24)13-11-26-21-15(13)12-4-5-12/h6-7,11-12,14,16H,3-5,8-10H2,1-2H3,(H,20,24)/t14-,16+/m0/s1. The van der Waals surface area contributed by atoms with Crippen molar-refractivity contribution in [3.8, 4) is 0 Å². The van der Waals surface area contributed by atoms with Crippen LogP contribution in [0.1, 0.15) is 53.6 Å². The predicted molar refractivity (Wildman–Crippen MR) is 93.7 cm³/mol. The van der Waals surface area contributed by atoms with E-state index in [1.807, 2.05) is 17.8 Å². The lowest BCUT2D eigenvalue weighted by Crippen LogP contribution is -2.50. The Labute approximate surface area is 152 Å². The lowest BCUT2D eigenvalue weighted by atomic mass is 10.1. The second-order valence-electron chi connectivity index (χ2n) is 6.98. The molecule has 140 valence electrons. The Kier molecular flexibility index (Phi) is 4.78. The number of morpholine rings is 1. The molecule has 1 aliphatic heterocycles. The van der Waals surface area contributed by atoms with Crippen LogP contribution in [0, 0.1) is 0 Å². The minimum absolute atomic E-state index is 0.0134. The van der Waals surface area contributed by atoms with Crippen molar-refractivity contribution in [2.75, 3.05) is 26.2 Å². The van der Waals surface area contributed by atoms with Gasteiger partial charge in [-0.05, 0) is 19.4 Å². The van der Waals surface area contributed by atoms with Crippen LogP contribution in [0.4, 0.5) is 0 Å². The number of ether oxygens (including phenoxy) is 1. The zero-order valence-electron chi connectivity index (χ0n) is 15.2. The minimum Gasteiger partial charge on any atom is -0.373 e. The summed E-state index contributed by atoms with van der Waals surface area (Å²) in [6, 6.07) is 0.0134. The van der Waals surface area contributed by atoms with Gasteiger partial charge in [0.05, 0.1) is 24.4 Å². The third-order valence-corrected chi connectivity index (χ3v) is 5.26. The quantitative estimate of drug-likeness (QED) is 0.841. The van der Waals surface area contributed by atoms with Gasteiger partial charge in [0.25, 0.3) is 5.91 Å². The van der Waals surface area contributed by atoms with Gasteiger partial charge in [0, 0.05) is 38.4 Å². The van der Waals surface area contributed by atoms with E-state index in [0.717, 1.165) is 37.4 Å². The molecular formula is C18H25N5O3. The first-order valence-corrected chi connectivity index (χ1v) is 9.24. The molecule has 8 nitrogen and oxygen atoms in total. The van der Waals surface area contributed by atoms with Crippen LogP contribution in [0.5, 0.6) is 0 Å². The van der Waals surface area contributed by atoms with Gasteiger partial charge < -0.3 is 19.1 Å². The van der Waals surface area contributed by atoms with Gasteiger partial charge in [-0.2, -0.15) is 0 Å². The fourth-order valence-electron chi connectivity index (χ4n) is 3.66. The van der Waals surface area contributed by atoms with E-state index in [-0.39, 0.29) is 18.1 Å². The monoisotopic (exact) mass is 359 g/mol. The molecule has 1 N–H and O–H groups in total. The Morgan fingerprint density at radius 1 is 1.42 bits per heavy atom. The summed E-state index contributed by atoms with van der Waals surface area (Å²) in [6.45, 7) is 4.97. The molecule has 0 spiro atoms. The van der Waals surface area contributed by atoms with Crippen LogP contribution < -0.4 is 5.32 Å². The van der Waals surface area contributed by atoms with E-state index in [0.29, 0.717) is 24.6 Å². The molecule has 0 aromatic carbocycles. The Bertz CT molecular complexity index is 766. The largest absolute Gasteiger partial charge is 0.373 e. The molecule has 2 atom stereocenters. The van der Waals surface area contributed by atoms with E-state index in [1.165, 1.54) is 6.26 Å². The van der Waals surface area contributed by atoms with E-state index in [1.54, 1.807) is 6.20 Å². The molecule has 2 aliphatic rings. The number of nitrogens with one attached hydrogen (secondary N) is 1. The molecular weight excluding hydrogens is 334 g/mol. The van der Waals surface area contributed by atoms with Gasteiger partial charge in [-0.25, -0.2) is 4.98 Å². The topological polar surface area (TPSA) is 85.4 Å². The highest BCUT2D eigenvalue weighted by Crippen LogP contribution is 2.40. The smallest absolute Gasteiger partial charge is 0.256 e. The summed E-state index contributed by atoms with van der Waals surface area (Å²) in [7, 11) is 1.99. The third-order valence-electron chi connectivity index (χ3n) is 5.26. The summed E-state index contributed by atoms with van der Waals surface area (Å²) >= 11 is 0. The number of aromatic nitrogens is 3. The molecule has 1 saturated carbocycles. The van der Waals surface area contributed by atoms with E-state index in [9.17, 15) is 4.79 Å². The summed E-state index contributed by atoms with van der Waals surface area (Å²) < 4.78 is 13.1. The highest BCUT2D eigenvalue weighted by Gasteiger charge is 2.36. The van der Waals surface area contributed by atoms with Crippen LogP contribution in [-0.4, -0.2) is 57.9 Å². The molecule has 0 bridgehead atoms. The van der Waals surface area contributed by atoms with Crippen molar-refractivity contribution in [1.29, 1.82) is 0 Å². The molecule has 8 heteroatoms. The van der Waals surface area contributed by atoms with E-state index in [2.05, 4.69) is 27.3 Å². The van der Waals surface area contributed by atoms with Gasteiger partial charge in [0.2, 0.25) is 0 Å². The predicted octanol–water partition coefficient (Wildman–Crippen LogP) is 1.48. The molecule has 26 heavy (non-hydrogen) atoms. The highest BCUT2D eigenvalue weighted by atomic mass is 16.5. The molecule has 2 aromatic heterocycles. The minimum atomic E-state index is -0.155. The number of carbonyl (C=O) groups is 1. The van der Waals surface area contributed by atoms with Crippen LogP contribution in [0.3, 0.4) is 0 Å². The Morgan fingerprint density at radius 2 is 2.27 bits per heavy atom. The first-order chi connectivity index (χ1) is 12.7. The van der Waals surface area contributed by atoms with Crippen LogP contribution >= 0.6 is 0 Å². The van der Waals surface area contributed by atoms with Gasteiger partial charge >= 0.3 is 0 Å². The highest BCUT2D eigenvalue weighted by molar-refractivity contribution is 5.95. The summed E-state index contributed by atoms with van der Waals surface area (Å²) in [5.41, 5.74) is 1.33. The molecule has 2 aromatic rings. The average molecular weight is 359 g/mol. The maximum absolute atomic E-state index is 12.6. The fourth-order valence-corrected chi connectivity index (χ4v) is 3.66.